The van der Waals surface area contributed by atoms with E-state index in [9.17, 15) is 14.7 Å². The Hall–Kier alpha value is -3.32. The standard InChI is InChI=1S/C30H38N2O5/c1-5-17-36-24-12-9-21(10-13-24)27-26(28(33)22-11-14-25-23(19-22)18-20(4)37-25)29(34)30(35)32(27)16-8-15-31(6-2)7-3/h9-14,19-20,27,33H,5-8,15-18H2,1-4H3/b28-26+/t20-,27-/m1/s1. The fourth-order valence-electron chi connectivity index (χ4n) is 5.15. The van der Waals surface area contributed by atoms with Gasteiger partial charge in [0.2, 0.25) is 0 Å². The van der Waals surface area contributed by atoms with Crippen LogP contribution in [0.4, 0.5) is 0 Å². The van der Waals surface area contributed by atoms with Crippen molar-refractivity contribution < 1.29 is 24.2 Å². The molecule has 2 aromatic rings. The minimum atomic E-state index is -0.666. The second-order valence-corrected chi connectivity index (χ2v) is 9.75. The third kappa shape index (κ3) is 5.67. The van der Waals surface area contributed by atoms with Gasteiger partial charge in [-0.05, 0) is 80.9 Å². The number of ketones is 1. The Morgan fingerprint density at radius 1 is 1.11 bits per heavy atom. The predicted molar refractivity (Wildman–Crippen MR) is 144 cm³/mol. The number of aliphatic hydroxyl groups excluding tert-OH is 1. The largest absolute Gasteiger partial charge is 0.507 e. The van der Waals surface area contributed by atoms with Gasteiger partial charge in [0.1, 0.15) is 23.4 Å². The number of amides is 1. The molecule has 1 amide bonds. The first kappa shape index (κ1) is 26.7. The third-order valence-corrected chi connectivity index (χ3v) is 7.15. The van der Waals surface area contributed by atoms with Crippen LogP contribution in [0, 0.1) is 0 Å². The van der Waals surface area contributed by atoms with Gasteiger partial charge < -0.3 is 24.4 Å². The average Bonchev–Trinajstić information content (AvgIpc) is 3.40. The number of benzene rings is 2. The zero-order chi connectivity index (χ0) is 26.5. The molecule has 1 saturated heterocycles. The molecule has 37 heavy (non-hydrogen) atoms. The van der Waals surface area contributed by atoms with E-state index in [2.05, 4.69) is 18.7 Å². The van der Waals surface area contributed by atoms with E-state index in [0.717, 1.165) is 61.5 Å². The number of carbonyl (C=O) groups is 2. The van der Waals surface area contributed by atoms with Crippen molar-refractivity contribution >= 4 is 17.4 Å². The maximum absolute atomic E-state index is 13.3. The third-order valence-electron chi connectivity index (χ3n) is 7.15. The van der Waals surface area contributed by atoms with Crippen molar-refractivity contribution in [2.45, 2.75) is 59.1 Å². The normalized spacial score (nSPS) is 20.4. The summed E-state index contributed by atoms with van der Waals surface area (Å²) < 4.78 is 11.5. The molecule has 2 aliphatic rings. The van der Waals surface area contributed by atoms with Crippen molar-refractivity contribution in [1.29, 1.82) is 0 Å². The molecule has 0 unspecified atom stereocenters. The first-order valence-corrected chi connectivity index (χ1v) is 13.4. The van der Waals surface area contributed by atoms with Crippen LogP contribution in [-0.2, 0) is 16.0 Å². The van der Waals surface area contributed by atoms with Crippen LogP contribution < -0.4 is 9.47 Å². The van der Waals surface area contributed by atoms with Gasteiger partial charge in [0.05, 0.1) is 18.2 Å². The van der Waals surface area contributed by atoms with Crippen molar-refractivity contribution in [3.05, 3.63) is 64.7 Å². The Morgan fingerprint density at radius 3 is 2.51 bits per heavy atom. The lowest BCUT2D eigenvalue weighted by Gasteiger charge is -2.27. The van der Waals surface area contributed by atoms with E-state index >= 15 is 0 Å². The number of ether oxygens (including phenoxy) is 2. The van der Waals surface area contributed by atoms with Gasteiger partial charge in [-0.3, -0.25) is 9.59 Å². The smallest absolute Gasteiger partial charge is 0.295 e. The Bertz CT molecular complexity index is 1150. The lowest BCUT2D eigenvalue weighted by atomic mass is 9.94. The van der Waals surface area contributed by atoms with E-state index in [0.29, 0.717) is 18.7 Å². The van der Waals surface area contributed by atoms with Gasteiger partial charge in [-0.15, -0.1) is 0 Å². The highest BCUT2D eigenvalue weighted by Crippen LogP contribution is 2.41. The van der Waals surface area contributed by atoms with E-state index in [4.69, 9.17) is 9.47 Å². The summed E-state index contributed by atoms with van der Waals surface area (Å²) in [5, 5.41) is 11.4. The van der Waals surface area contributed by atoms with Crippen LogP contribution in [0.5, 0.6) is 11.5 Å². The number of aliphatic hydroxyl groups is 1. The Balaban J connectivity index is 1.71. The number of fused-ring (bicyclic) bond motifs is 1. The van der Waals surface area contributed by atoms with Gasteiger partial charge in [-0.1, -0.05) is 32.9 Å². The minimum absolute atomic E-state index is 0.0669. The van der Waals surface area contributed by atoms with E-state index < -0.39 is 17.7 Å². The molecule has 0 spiro atoms. The van der Waals surface area contributed by atoms with Crippen LogP contribution in [-0.4, -0.2) is 65.5 Å². The van der Waals surface area contributed by atoms with E-state index in [1.165, 1.54) is 0 Å². The maximum Gasteiger partial charge on any atom is 0.295 e. The summed E-state index contributed by atoms with van der Waals surface area (Å²) in [7, 11) is 0. The predicted octanol–water partition coefficient (Wildman–Crippen LogP) is 4.95. The molecule has 0 saturated carbocycles. The lowest BCUT2D eigenvalue weighted by molar-refractivity contribution is -0.140. The molecule has 0 aliphatic carbocycles. The monoisotopic (exact) mass is 506 g/mol. The molecule has 1 N–H and O–H groups in total. The van der Waals surface area contributed by atoms with Gasteiger partial charge >= 0.3 is 0 Å². The second kappa shape index (κ2) is 11.8. The van der Waals surface area contributed by atoms with Crippen LogP contribution in [0.1, 0.15) is 63.3 Å². The molecular formula is C30H38N2O5. The fourth-order valence-corrected chi connectivity index (χ4v) is 5.15. The number of rotatable bonds is 11. The van der Waals surface area contributed by atoms with Gasteiger partial charge in [0, 0.05) is 18.5 Å². The Labute approximate surface area is 219 Å². The number of hydrogen-bond acceptors (Lipinski definition) is 6. The number of likely N-dealkylation sites (tertiary alicyclic amines) is 1. The molecule has 2 aromatic carbocycles. The van der Waals surface area contributed by atoms with Gasteiger partial charge in [-0.2, -0.15) is 0 Å². The summed E-state index contributed by atoms with van der Waals surface area (Å²) in [6.45, 7) is 12.0. The highest BCUT2D eigenvalue weighted by atomic mass is 16.5. The number of Topliss-reactive ketones (excluding diaryl/α,β-unsaturated/α-hetero) is 1. The quantitative estimate of drug-likeness (QED) is 0.264. The highest BCUT2D eigenvalue weighted by molar-refractivity contribution is 6.46. The van der Waals surface area contributed by atoms with E-state index in [1.54, 1.807) is 11.0 Å². The minimum Gasteiger partial charge on any atom is -0.507 e. The van der Waals surface area contributed by atoms with Crippen molar-refractivity contribution in [3.63, 3.8) is 0 Å². The first-order chi connectivity index (χ1) is 17.9. The maximum atomic E-state index is 13.3. The topological polar surface area (TPSA) is 79.3 Å². The van der Waals surface area contributed by atoms with Crippen molar-refractivity contribution in [3.8, 4) is 11.5 Å². The summed E-state index contributed by atoms with van der Waals surface area (Å²) in [5.74, 6) is 0.150. The molecule has 2 atom stereocenters. The molecule has 0 aromatic heterocycles. The van der Waals surface area contributed by atoms with Crippen molar-refractivity contribution in [2.24, 2.45) is 0 Å². The van der Waals surface area contributed by atoms with Crippen molar-refractivity contribution in [2.75, 3.05) is 32.8 Å². The molecule has 0 radical (unpaired) electrons. The Kier molecular flexibility index (Phi) is 8.54. The second-order valence-electron chi connectivity index (χ2n) is 9.75. The summed E-state index contributed by atoms with van der Waals surface area (Å²) in [5.41, 5.74) is 2.40. The van der Waals surface area contributed by atoms with Crippen LogP contribution >= 0.6 is 0 Å². The average molecular weight is 507 g/mol. The van der Waals surface area contributed by atoms with Gasteiger partial charge in [0.15, 0.2) is 0 Å². The molecule has 4 rings (SSSR count). The SMILES string of the molecule is CCCOc1ccc([C@@H]2/C(=C(\O)c3ccc4c(c3)C[C@@H](C)O4)C(=O)C(=O)N2CCCN(CC)CC)cc1. The van der Waals surface area contributed by atoms with E-state index in [-0.39, 0.29) is 17.4 Å². The molecule has 198 valence electrons. The van der Waals surface area contributed by atoms with Gasteiger partial charge in [0.25, 0.3) is 11.7 Å². The Morgan fingerprint density at radius 2 is 1.84 bits per heavy atom. The molecule has 1 fully saturated rings. The molecular weight excluding hydrogens is 468 g/mol. The van der Waals surface area contributed by atoms with Crippen LogP contribution in [0.3, 0.4) is 0 Å². The molecule has 0 bridgehead atoms. The van der Waals surface area contributed by atoms with Crippen LogP contribution in [0.2, 0.25) is 0 Å². The summed E-state index contributed by atoms with van der Waals surface area (Å²) in [6.07, 6.45) is 2.44. The van der Waals surface area contributed by atoms with E-state index in [1.807, 2.05) is 50.2 Å². The molecule has 2 aliphatic heterocycles. The van der Waals surface area contributed by atoms with Gasteiger partial charge in [-0.25, -0.2) is 0 Å². The highest BCUT2D eigenvalue weighted by Gasteiger charge is 2.46. The molecule has 2 heterocycles. The summed E-state index contributed by atoms with van der Waals surface area (Å²) in [4.78, 5) is 30.5. The van der Waals surface area contributed by atoms with Crippen LogP contribution in [0.25, 0.3) is 5.76 Å². The number of nitrogens with zero attached hydrogens (tertiary/aromatic N) is 2. The number of carbonyl (C=O) groups excluding carboxylic acids is 2. The molecule has 7 heteroatoms. The van der Waals surface area contributed by atoms with Crippen LogP contribution in [0.15, 0.2) is 48.0 Å². The first-order valence-electron chi connectivity index (χ1n) is 13.4. The number of hydrogen-bond donors (Lipinski definition) is 1. The zero-order valence-corrected chi connectivity index (χ0v) is 22.3. The summed E-state index contributed by atoms with van der Waals surface area (Å²) >= 11 is 0. The fraction of sp³-hybridized carbons (Fsp3) is 0.467. The lowest BCUT2D eigenvalue weighted by Crippen LogP contribution is -2.33. The van der Waals surface area contributed by atoms with Crippen molar-refractivity contribution in [1.82, 2.24) is 9.80 Å². The zero-order valence-electron chi connectivity index (χ0n) is 22.3. The summed E-state index contributed by atoms with van der Waals surface area (Å²) in [6, 6.07) is 12.2. The molecule has 7 nitrogen and oxygen atoms in total.